The maximum absolute atomic E-state index is 10.2. The fraction of sp³-hybridized carbons (Fsp3) is 0.667. The van der Waals surface area contributed by atoms with E-state index in [1.165, 1.54) is 44.6 Å². The molecule has 0 spiro atoms. The fourth-order valence-corrected chi connectivity index (χ4v) is 6.31. The van der Waals surface area contributed by atoms with Gasteiger partial charge in [-0.05, 0) is 86.5 Å². The maximum atomic E-state index is 10.2. The zero-order chi connectivity index (χ0) is 23.0. The molecule has 4 aliphatic rings. The standard InChI is InChI=1S/C24H33ClO7/c1-13(32-24(29,12-26)11-21(27)28)31-20-10-16(3-4-19(20)25)23(30-2)22-17-6-14-5-15(8-17)9-18(22)7-14/h3-4,10,13-15,17-18,21,26-29H,5-9,11-12H2,1-2H3. The van der Waals surface area contributed by atoms with Crippen LogP contribution in [-0.4, -0.2) is 52.5 Å². The predicted molar refractivity (Wildman–Crippen MR) is 118 cm³/mol. The summed E-state index contributed by atoms with van der Waals surface area (Å²) < 4.78 is 17.1. The summed E-state index contributed by atoms with van der Waals surface area (Å²) in [6, 6.07) is 5.46. The van der Waals surface area contributed by atoms with Gasteiger partial charge < -0.3 is 34.6 Å². The molecule has 4 fully saturated rings. The summed E-state index contributed by atoms with van der Waals surface area (Å²) in [5, 5.41) is 38.3. The van der Waals surface area contributed by atoms with Gasteiger partial charge in [0.15, 0.2) is 18.4 Å². The Morgan fingerprint density at radius 3 is 2.28 bits per heavy atom. The number of hydrogen-bond donors (Lipinski definition) is 4. The molecule has 2 atom stereocenters. The zero-order valence-corrected chi connectivity index (χ0v) is 19.3. The van der Waals surface area contributed by atoms with Crippen LogP contribution in [0.5, 0.6) is 5.75 Å². The van der Waals surface area contributed by atoms with Crippen LogP contribution >= 0.6 is 11.6 Å². The Morgan fingerprint density at radius 1 is 1.12 bits per heavy atom. The van der Waals surface area contributed by atoms with Gasteiger partial charge in [0.2, 0.25) is 0 Å². The number of allylic oxidation sites excluding steroid dienone is 1. The van der Waals surface area contributed by atoms with Crippen molar-refractivity contribution in [1.29, 1.82) is 0 Å². The molecule has 0 aliphatic heterocycles. The molecule has 1 aromatic rings. The molecule has 4 N–H and O–H groups in total. The van der Waals surface area contributed by atoms with Crippen LogP contribution in [0.4, 0.5) is 0 Å². The third-order valence-corrected chi connectivity index (χ3v) is 7.42. The number of benzene rings is 1. The summed E-state index contributed by atoms with van der Waals surface area (Å²) in [6.07, 6.45) is 2.91. The molecule has 0 aromatic heterocycles. The summed E-state index contributed by atoms with van der Waals surface area (Å²) >= 11 is 6.35. The molecule has 8 heteroatoms. The molecule has 7 nitrogen and oxygen atoms in total. The lowest BCUT2D eigenvalue weighted by Gasteiger charge is -2.51. The molecule has 178 valence electrons. The first-order valence-corrected chi connectivity index (χ1v) is 11.7. The second-order valence-corrected chi connectivity index (χ2v) is 9.94. The van der Waals surface area contributed by atoms with Crippen molar-refractivity contribution >= 4 is 17.4 Å². The van der Waals surface area contributed by atoms with Gasteiger partial charge >= 0.3 is 0 Å². The summed E-state index contributed by atoms with van der Waals surface area (Å²) in [5.74, 6) is 1.94. The van der Waals surface area contributed by atoms with Crippen molar-refractivity contribution in [3.63, 3.8) is 0 Å². The summed E-state index contributed by atoms with van der Waals surface area (Å²) in [7, 11) is 1.70. The van der Waals surface area contributed by atoms with Crippen LogP contribution in [0.3, 0.4) is 0 Å². The van der Waals surface area contributed by atoms with Crippen molar-refractivity contribution in [2.24, 2.45) is 23.7 Å². The minimum atomic E-state index is -2.16. The smallest absolute Gasteiger partial charge is 0.200 e. The SMILES string of the molecule is COC(=C1C2CC3CC(C2)CC1C3)c1ccc(Cl)c(OC(C)OC(O)(CO)CC(O)O)c1. The molecule has 0 saturated heterocycles. The topological polar surface area (TPSA) is 109 Å². The van der Waals surface area contributed by atoms with Gasteiger partial charge in [-0.2, -0.15) is 0 Å². The van der Waals surface area contributed by atoms with E-state index in [4.69, 9.17) is 36.0 Å². The molecular weight excluding hydrogens is 436 g/mol. The number of methoxy groups -OCH3 is 1. The first kappa shape index (κ1) is 23.8. The first-order valence-electron chi connectivity index (χ1n) is 11.3. The predicted octanol–water partition coefficient (Wildman–Crippen LogP) is 3.28. The molecule has 4 bridgehead atoms. The van der Waals surface area contributed by atoms with Crippen molar-refractivity contribution in [2.75, 3.05) is 13.7 Å². The average molecular weight is 469 g/mol. The van der Waals surface area contributed by atoms with Crippen molar-refractivity contribution in [3.05, 3.63) is 34.4 Å². The Labute approximate surface area is 193 Å². The highest BCUT2D eigenvalue weighted by atomic mass is 35.5. The van der Waals surface area contributed by atoms with E-state index >= 15 is 0 Å². The first-order chi connectivity index (χ1) is 15.2. The number of rotatable bonds is 9. The fourth-order valence-electron chi connectivity index (χ4n) is 6.15. The Balaban J connectivity index is 1.56. The molecule has 0 amide bonds. The lowest BCUT2D eigenvalue weighted by Crippen LogP contribution is -2.43. The van der Waals surface area contributed by atoms with E-state index in [2.05, 4.69) is 0 Å². The van der Waals surface area contributed by atoms with Crippen molar-refractivity contribution < 1.29 is 34.6 Å². The van der Waals surface area contributed by atoms with Crippen molar-refractivity contribution in [1.82, 2.24) is 0 Å². The van der Waals surface area contributed by atoms with Gasteiger partial charge in [-0.25, -0.2) is 0 Å². The number of aliphatic hydroxyl groups is 4. The Morgan fingerprint density at radius 2 is 1.75 bits per heavy atom. The number of halogens is 1. The quantitative estimate of drug-likeness (QED) is 0.325. The van der Waals surface area contributed by atoms with E-state index in [1.54, 1.807) is 19.2 Å². The molecule has 4 saturated carbocycles. The van der Waals surface area contributed by atoms with E-state index in [0.29, 0.717) is 22.6 Å². The van der Waals surface area contributed by atoms with E-state index in [-0.39, 0.29) is 0 Å². The molecule has 1 aromatic carbocycles. The molecule has 5 rings (SSSR count). The summed E-state index contributed by atoms with van der Waals surface area (Å²) in [4.78, 5) is 0. The molecule has 4 aliphatic carbocycles. The molecular formula is C24H33ClO7. The maximum Gasteiger partial charge on any atom is 0.200 e. The van der Waals surface area contributed by atoms with Crippen molar-refractivity contribution in [2.45, 2.75) is 63.8 Å². The van der Waals surface area contributed by atoms with Crippen LogP contribution in [0.25, 0.3) is 5.76 Å². The number of aliphatic hydroxyl groups excluding tert-OH is 2. The van der Waals surface area contributed by atoms with Gasteiger partial charge in [0.05, 0.1) is 25.2 Å². The van der Waals surface area contributed by atoms with Crippen LogP contribution in [0, 0.1) is 23.7 Å². The number of hydrogen-bond acceptors (Lipinski definition) is 7. The third-order valence-electron chi connectivity index (χ3n) is 7.10. The Kier molecular flexibility index (Phi) is 7.05. The van der Waals surface area contributed by atoms with Crippen LogP contribution in [-0.2, 0) is 9.47 Å². The lowest BCUT2D eigenvalue weighted by molar-refractivity contribution is -0.299. The van der Waals surface area contributed by atoms with Gasteiger partial charge in [-0.15, -0.1) is 0 Å². The van der Waals surface area contributed by atoms with Gasteiger partial charge in [0, 0.05) is 5.56 Å². The average Bonchev–Trinajstić information content (AvgIpc) is 2.71. The molecule has 0 heterocycles. The minimum Gasteiger partial charge on any atom is -0.496 e. The minimum absolute atomic E-state index is 0.348. The highest BCUT2D eigenvalue weighted by molar-refractivity contribution is 6.32. The third kappa shape index (κ3) is 4.93. The van der Waals surface area contributed by atoms with Crippen LogP contribution in [0.15, 0.2) is 23.8 Å². The van der Waals surface area contributed by atoms with Crippen molar-refractivity contribution in [3.8, 4) is 5.75 Å². The van der Waals surface area contributed by atoms with Gasteiger partial charge in [-0.3, -0.25) is 0 Å². The van der Waals surface area contributed by atoms with Crippen LogP contribution < -0.4 is 4.74 Å². The second-order valence-electron chi connectivity index (χ2n) is 9.53. The molecule has 32 heavy (non-hydrogen) atoms. The summed E-state index contributed by atoms with van der Waals surface area (Å²) in [6.45, 7) is 0.706. The Hall–Kier alpha value is -1.35. The molecule has 2 unspecified atom stereocenters. The second kappa shape index (κ2) is 9.49. The Bertz CT molecular complexity index is 825. The largest absolute Gasteiger partial charge is 0.496 e. The van der Waals surface area contributed by atoms with Crippen LogP contribution in [0.2, 0.25) is 5.02 Å². The highest BCUT2D eigenvalue weighted by Crippen LogP contribution is 2.58. The highest BCUT2D eigenvalue weighted by Gasteiger charge is 2.46. The summed E-state index contributed by atoms with van der Waals surface area (Å²) in [5.41, 5.74) is 2.30. The van der Waals surface area contributed by atoms with Gasteiger partial charge in [-0.1, -0.05) is 11.6 Å². The van der Waals surface area contributed by atoms with E-state index < -0.39 is 31.4 Å². The van der Waals surface area contributed by atoms with E-state index in [0.717, 1.165) is 23.2 Å². The van der Waals surface area contributed by atoms with Gasteiger partial charge in [0.25, 0.3) is 0 Å². The lowest BCUT2D eigenvalue weighted by atomic mass is 9.54. The number of ether oxygens (including phenoxy) is 3. The molecule has 0 radical (unpaired) electrons. The van der Waals surface area contributed by atoms with Crippen LogP contribution in [0.1, 0.15) is 51.0 Å². The monoisotopic (exact) mass is 468 g/mol. The van der Waals surface area contributed by atoms with E-state index in [9.17, 15) is 10.2 Å². The van der Waals surface area contributed by atoms with E-state index in [1.807, 2.05) is 6.07 Å². The zero-order valence-electron chi connectivity index (χ0n) is 18.5. The normalized spacial score (nSPS) is 29.2. The van der Waals surface area contributed by atoms with Gasteiger partial charge in [0.1, 0.15) is 11.5 Å².